The lowest BCUT2D eigenvalue weighted by Crippen LogP contribution is -2.11. The molecule has 0 radical (unpaired) electrons. The Morgan fingerprint density at radius 1 is 0.400 bits per heavy atom. The van der Waals surface area contributed by atoms with Crippen LogP contribution in [0.25, 0.3) is 32.3 Å². The molecule has 45 heavy (non-hydrogen) atoms. The van der Waals surface area contributed by atoms with Crippen LogP contribution in [-0.4, -0.2) is 19.8 Å². The van der Waals surface area contributed by atoms with Crippen LogP contribution in [0.2, 0.25) is 0 Å². The summed E-state index contributed by atoms with van der Waals surface area (Å²) in [6.45, 7) is 8.05. The van der Waals surface area contributed by atoms with Gasteiger partial charge in [-0.3, -0.25) is 0 Å². The van der Waals surface area contributed by atoms with Crippen molar-refractivity contribution >= 4 is 67.6 Å². The first-order valence-electron chi connectivity index (χ1n) is 15.6. The first kappa shape index (κ1) is 30.2. The van der Waals surface area contributed by atoms with Crippen molar-refractivity contribution in [1.82, 2.24) is 0 Å². The third-order valence-corrected chi connectivity index (χ3v) is 13.0. The fourth-order valence-corrected chi connectivity index (χ4v) is 12.6. The Morgan fingerprint density at radius 2 is 0.689 bits per heavy atom. The zero-order valence-electron chi connectivity index (χ0n) is 25.7. The first-order chi connectivity index (χ1) is 22.2. The van der Waals surface area contributed by atoms with Gasteiger partial charge in [-0.2, -0.15) is 0 Å². The molecular weight excluding hydrogens is 613 g/mol. The molecule has 0 spiro atoms. The summed E-state index contributed by atoms with van der Waals surface area (Å²) in [5.74, 6) is 2.87. The summed E-state index contributed by atoms with van der Waals surface area (Å²) in [5, 5.41) is 7.40. The Bertz CT molecular complexity index is 1740. The van der Waals surface area contributed by atoms with Gasteiger partial charge in [0.05, 0.1) is 33.6 Å². The van der Waals surface area contributed by atoms with Crippen LogP contribution in [0, 0.1) is 0 Å². The van der Waals surface area contributed by atoms with Gasteiger partial charge in [0.25, 0.3) is 0 Å². The van der Waals surface area contributed by atoms with Crippen molar-refractivity contribution in [1.29, 1.82) is 0 Å². The zero-order valence-corrected chi connectivity index (χ0v) is 28.1. The van der Waals surface area contributed by atoms with Crippen LogP contribution in [0.1, 0.15) is 51.2 Å². The summed E-state index contributed by atoms with van der Waals surface area (Å²) in [6.07, 6.45) is 0. The predicted molar refractivity (Wildman–Crippen MR) is 196 cm³/mol. The summed E-state index contributed by atoms with van der Waals surface area (Å²) in [6, 6.07) is 39.1. The maximum atomic E-state index is 6.36. The topological polar surface area (TPSA) is 27.7 Å². The molecule has 3 nitrogen and oxygen atoms in total. The highest BCUT2D eigenvalue weighted by Crippen LogP contribution is 2.70. The average molecular weight is 649 g/mol. The van der Waals surface area contributed by atoms with E-state index in [0.29, 0.717) is 19.8 Å². The molecule has 0 amide bonds. The Labute approximate surface area is 278 Å². The zero-order chi connectivity index (χ0) is 30.8. The predicted octanol–water partition coefficient (Wildman–Crippen LogP) is 12.0. The third-order valence-electron chi connectivity index (χ3n) is 8.14. The maximum Gasteiger partial charge on any atom is 0.125 e. The van der Waals surface area contributed by atoms with Crippen molar-refractivity contribution in [2.75, 3.05) is 19.8 Å². The minimum absolute atomic E-state index is 0.0933. The van der Waals surface area contributed by atoms with Gasteiger partial charge in [-0.25, -0.2) is 0 Å². The van der Waals surface area contributed by atoms with Crippen LogP contribution in [0.4, 0.5) is 0 Å². The van der Waals surface area contributed by atoms with E-state index in [1.165, 1.54) is 49.0 Å². The van der Waals surface area contributed by atoms with E-state index < -0.39 is 0 Å². The van der Waals surface area contributed by atoms with Gasteiger partial charge in [0.2, 0.25) is 0 Å². The summed E-state index contributed by atoms with van der Waals surface area (Å²) in [5.41, 5.74) is 3.74. The molecule has 7 rings (SSSR count). The van der Waals surface area contributed by atoms with E-state index >= 15 is 0 Å². The number of fused-ring (bicyclic) bond motifs is 3. The number of rotatable bonds is 9. The van der Waals surface area contributed by atoms with Gasteiger partial charge in [-0.1, -0.05) is 91.0 Å². The molecule has 0 unspecified atom stereocenters. The Balaban J connectivity index is 1.47. The molecule has 6 heteroatoms. The van der Waals surface area contributed by atoms with E-state index in [1.807, 2.05) is 35.3 Å². The molecule has 0 atom stereocenters. The molecule has 0 aliphatic carbocycles. The largest absolute Gasteiger partial charge is 0.493 e. The van der Waals surface area contributed by atoms with Gasteiger partial charge in [-0.05, 0) is 71.3 Å². The lowest BCUT2D eigenvalue weighted by molar-refractivity contribution is 0.338. The SMILES string of the molecule is CCOc1ccc2ccccc2c1C1SC(c2c(OCC)ccc3ccccc23)SC(c2c(OCC)ccc3ccccc23)S1. The van der Waals surface area contributed by atoms with Crippen LogP contribution in [0.5, 0.6) is 17.2 Å². The molecule has 0 N–H and O–H groups in total. The molecule has 1 fully saturated rings. The van der Waals surface area contributed by atoms with Gasteiger partial charge in [-0.15, -0.1) is 35.3 Å². The lowest BCUT2D eigenvalue weighted by Gasteiger charge is -2.37. The standard InChI is InChI=1S/C39H36O3S3/c1-4-40-31-22-19-25-13-7-10-16-28(25)34(31)37-43-38(35-29-17-11-8-14-26(29)20-23-32(35)41-5-2)45-39(44-37)36-30-18-12-9-15-27(30)21-24-33(36)42-6-3/h7-24,37-39H,4-6H2,1-3H3. The Morgan fingerprint density at radius 3 is 0.978 bits per heavy atom. The molecule has 1 saturated heterocycles. The minimum Gasteiger partial charge on any atom is -0.493 e. The highest BCUT2D eigenvalue weighted by Gasteiger charge is 2.39. The second-order valence-corrected chi connectivity index (χ2v) is 15.3. The lowest BCUT2D eigenvalue weighted by atomic mass is 10.0. The second-order valence-electron chi connectivity index (χ2n) is 10.8. The summed E-state index contributed by atoms with van der Waals surface area (Å²) >= 11 is 5.99. The van der Waals surface area contributed by atoms with E-state index in [2.05, 4.69) is 130 Å². The quantitative estimate of drug-likeness (QED) is 0.155. The number of hydrogen-bond donors (Lipinski definition) is 0. The van der Waals surface area contributed by atoms with Crippen molar-refractivity contribution in [3.05, 3.63) is 126 Å². The van der Waals surface area contributed by atoms with E-state index in [0.717, 1.165) is 17.2 Å². The molecule has 1 aliphatic rings. The minimum atomic E-state index is 0.0933. The van der Waals surface area contributed by atoms with E-state index in [4.69, 9.17) is 14.2 Å². The molecule has 0 bridgehead atoms. The monoisotopic (exact) mass is 648 g/mol. The molecule has 0 saturated carbocycles. The number of benzene rings is 6. The summed E-state index contributed by atoms with van der Waals surface area (Å²) in [7, 11) is 0. The van der Waals surface area contributed by atoms with Crippen molar-refractivity contribution in [2.24, 2.45) is 0 Å². The summed E-state index contributed by atoms with van der Waals surface area (Å²) in [4.78, 5) is 0. The van der Waals surface area contributed by atoms with E-state index in [9.17, 15) is 0 Å². The molecule has 6 aromatic carbocycles. The van der Waals surface area contributed by atoms with Crippen LogP contribution in [0.15, 0.2) is 109 Å². The number of ether oxygens (including phenoxy) is 3. The van der Waals surface area contributed by atoms with Crippen molar-refractivity contribution in [3.8, 4) is 17.2 Å². The Hall–Kier alpha value is -3.45. The second kappa shape index (κ2) is 13.5. The van der Waals surface area contributed by atoms with Crippen molar-refractivity contribution < 1.29 is 14.2 Å². The van der Waals surface area contributed by atoms with Gasteiger partial charge < -0.3 is 14.2 Å². The molecule has 0 aromatic heterocycles. The molecule has 228 valence electrons. The van der Waals surface area contributed by atoms with Crippen LogP contribution in [0.3, 0.4) is 0 Å². The van der Waals surface area contributed by atoms with Crippen LogP contribution >= 0.6 is 35.3 Å². The van der Waals surface area contributed by atoms with Gasteiger partial charge in [0.1, 0.15) is 17.2 Å². The maximum absolute atomic E-state index is 6.36. The van der Waals surface area contributed by atoms with Crippen LogP contribution < -0.4 is 14.2 Å². The highest BCUT2D eigenvalue weighted by atomic mass is 32.3. The fourth-order valence-electron chi connectivity index (χ4n) is 6.24. The number of thioether (sulfide) groups is 3. The molecule has 1 heterocycles. The fraction of sp³-hybridized carbons (Fsp3) is 0.231. The van der Waals surface area contributed by atoms with Crippen molar-refractivity contribution in [3.63, 3.8) is 0 Å². The average Bonchev–Trinajstić information content (AvgIpc) is 3.08. The van der Waals surface area contributed by atoms with Gasteiger partial charge in [0.15, 0.2) is 0 Å². The van der Waals surface area contributed by atoms with Gasteiger partial charge >= 0.3 is 0 Å². The van der Waals surface area contributed by atoms with Crippen LogP contribution in [-0.2, 0) is 0 Å². The normalized spacial score (nSPS) is 18.3. The van der Waals surface area contributed by atoms with Crippen molar-refractivity contribution in [2.45, 2.75) is 34.5 Å². The van der Waals surface area contributed by atoms with E-state index in [1.54, 1.807) is 0 Å². The molecule has 1 aliphatic heterocycles. The molecular formula is C39H36O3S3. The third kappa shape index (κ3) is 5.84. The van der Waals surface area contributed by atoms with Gasteiger partial charge in [0, 0.05) is 16.7 Å². The smallest absolute Gasteiger partial charge is 0.125 e. The highest BCUT2D eigenvalue weighted by molar-refractivity contribution is 8.32. The number of hydrogen-bond acceptors (Lipinski definition) is 6. The summed E-state index contributed by atoms with van der Waals surface area (Å²) < 4.78 is 19.4. The first-order valence-corrected chi connectivity index (χ1v) is 18.4. The Kier molecular flexibility index (Phi) is 9.06. The molecule has 6 aromatic rings. The van der Waals surface area contributed by atoms with E-state index in [-0.39, 0.29) is 13.7 Å².